The third kappa shape index (κ3) is 10.9. The van der Waals surface area contributed by atoms with Crippen molar-refractivity contribution >= 4 is 48.1 Å². The second kappa shape index (κ2) is 21.1. The molecule has 0 spiro atoms. The summed E-state index contributed by atoms with van der Waals surface area (Å²) in [6.45, 7) is 17.9. The summed E-state index contributed by atoms with van der Waals surface area (Å²) in [4.78, 5) is 0. The van der Waals surface area contributed by atoms with Gasteiger partial charge in [-0.15, -0.1) is 69.1 Å². The molecule has 0 aliphatic rings. The molecule has 48 heavy (non-hydrogen) atoms. The Hall–Kier alpha value is -2.22. The first-order chi connectivity index (χ1) is 23.2. The summed E-state index contributed by atoms with van der Waals surface area (Å²) >= 11 is -0.826. The molecule has 0 unspecified atom stereocenters. The van der Waals surface area contributed by atoms with Gasteiger partial charge in [-0.1, -0.05) is 150 Å². The summed E-state index contributed by atoms with van der Waals surface area (Å²) in [5.41, 5.74) is 11.4. The average molecular weight is 771 g/mol. The van der Waals surface area contributed by atoms with Crippen LogP contribution in [0.1, 0.15) is 88.5 Å². The van der Waals surface area contributed by atoms with E-state index in [1.54, 1.807) is 0 Å². The summed E-state index contributed by atoms with van der Waals surface area (Å²) in [6.07, 6.45) is 4.65. The molecule has 0 N–H and O–H groups in total. The van der Waals surface area contributed by atoms with Gasteiger partial charge in [0.05, 0.1) is 0 Å². The van der Waals surface area contributed by atoms with Crippen LogP contribution in [0, 0.1) is 0 Å². The van der Waals surface area contributed by atoms with E-state index in [1.807, 2.05) is 0 Å². The molecule has 0 nitrogen and oxygen atoms in total. The zero-order valence-corrected chi connectivity index (χ0v) is 35.1. The zero-order valence-electron chi connectivity index (χ0n) is 30.1. The molecule has 0 aliphatic heterocycles. The van der Waals surface area contributed by atoms with E-state index in [-0.39, 0.29) is 0 Å². The van der Waals surface area contributed by atoms with Gasteiger partial charge in [0, 0.05) is 9.52 Å². The van der Waals surface area contributed by atoms with E-state index in [9.17, 15) is 0 Å². The van der Waals surface area contributed by atoms with Crippen molar-refractivity contribution in [3.8, 4) is 22.3 Å². The Kier molecular flexibility index (Phi) is 17.7. The van der Waals surface area contributed by atoms with Crippen molar-refractivity contribution in [2.24, 2.45) is 0 Å². The molecule has 0 fully saturated rings. The van der Waals surface area contributed by atoms with Crippen LogP contribution in [-0.2, 0) is 33.7 Å². The molecule has 6 aromatic rings. The third-order valence-corrected chi connectivity index (χ3v) is 8.49. The summed E-state index contributed by atoms with van der Waals surface area (Å²) in [5.74, 6) is 1.16. The van der Waals surface area contributed by atoms with Gasteiger partial charge in [0.15, 0.2) is 0 Å². The molecule has 0 saturated carbocycles. The number of benzene rings is 4. The monoisotopic (exact) mass is 768 g/mol. The summed E-state index contributed by atoms with van der Waals surface area (Å²) in [7, 11) is 11.0. The molecule has 6 rings (SSSR count). The molecule has 0 aromatic heterocycles. The van der Waals surface area contributed by atoms with Crippen molar-refractivity contribution in [1.29, 1.82) is 0 Å². The van der Waals surface area contributed by atoms with Crippen molar-refractivity contribution in [3.05, 3.63) is 131 Å². The number of aryl methyl sites for hydroxylation is 2. The average Bonchev–Trinajstić information content (AvgIpc) is 3.72. The molecule has 4 heteroatoms. The van der Waals surface area contributed by atoms with Gasteiger partial charge in [-0.2, -0.15) is 12.1 Å². The fraction of sp³-hybridized carbons (Fsp3) is 0.318. The number of rotatable bonds is 8. The molecule has 2 radical (unpaired) electrons. The maximum absolute atomic E-state index is 4.93. The first-order valence-electron chi connectivity index (χ1n) is 17.3. The van der Waals surface area contributed by atoms with Gasteiger partial charge < -0.3 is 0 Å². The van der Waals surface area contributed by atoms with Crippen LogP contribution in [0.2, 0.25) is 13.1 Å². The van der Waals surface area contributed by atoms with E-state index in [1.165, 1.54) is 78.9 Å². The first-order valence-corrected chi connectivity index (χ1v) is 25.7. The van der Waals surface area contributed by atoms with E-state index < -0.39 is 20.8 Å². The first kappa shape index (κ1) is 40.2. The van der Waals surface area contributed by atoms with Crippen LogP contribution in [0.25, 0.3) is 43.8 Å². The molecule has 0 aliphatic carbocycles. The second-order valence-corrected chi connectivity index (χ2v) is 17.6. The minimum atomic E-state index is -0.826. The van der Waals surface area contributed by atoms with Crippen molar-refractivity contribution in [1.82, 2.24) is 0 Å². The summed E-state index contributed by atoms with van der Waals surface area (Å²) in [5, 5.41) is 5.57. The van der Waals surface area contributed by atoms with Crippen LogP contribution < -0.4 is 0 Å². The minimum absolute atomic E-state index is 0.579. The summed E-state index contributed by atoms with van der Waals surface area (Å²) < 4.78 is 0. The van der Waals surface area contributed by atoms with Gasteiger partial charge in [-0.3, -0.25) is 0 Å². The Bertz CT molecular complexity index is 1650. The van der Waals surface area contributed by atoms with Crippen LogP contribution in [0.4, 0.5) is 0 Å². The number of halogens is 2. The quantitative estimate of drug-likeness (QED) is 0.107. The van der Waals surface area contributed by atoms with E-state index >= 15 is 0 Å². The Morgan fingerprint density at radius 2 is 0.917 bits per heavy atom. The third-order valence-electron chi connectivity index (χ3n) is 8.49. The van der Waals surface area contributed by atoms with Crippen LogP contribution in [0.5, 0.6) is 0 Å². The van der Waals surface area contributed by atoms with Gasteiger partial charge >= 0.3 is 37.9 Å². The van der Waals surface area contributed by atoms with E-state index in [0.29, 0.717) is 11.8 Å². The van der Waals surface area contributed by atoms with Gasteiger partial charge in [-0.05, 0) is 35.8 Å². The van der Waals surface area contributed by atoms with E-state index in [2.05, 4.69) is 164 Å². The molecule has 0 saturated heterocycles. The molecule has 0 atom stereocenters. The normalized spacial score (nSPS) is 10.6. The zero-order chi connectivity index (χ0) is 35.1. The molecule has 6 aromatic carbocycles. The standard InChI is InChI=1S/2C21H23.C2H6Si.2ClH.Zr/c2*1-4-8-16-11-12-18-13-19(15(2)3)14-20(18)21(16)17-9-6-5-7-10-17;1-3-2;;;/h2*5-7,9-15H,4,8H2,1-3H3;1-2H3;2*1H;/q2*-1;;;;+4/p-2. The Balaban J connectivity index is 0.000000224. The SMILES string of the molecule is CCCc1ccc2[cH-]c(C(C)C)cc2c1-c1ccccc1.CCCc1ccc2[cH-]c(C(C)C)cc2c1-c1ccccc1.C[Si]C.[Cl][Zr+2][Cl]. The second-order valence-electron chi connectivity index (χ2n) is 12.9. The number of hydrogen-bond donors (Lipinski definition) is 0. The Morgan fingerprint density at radius 3 is 1.21 bits per heavy atom. The van der Waals surface area contributed by atoms with E-state index in [0.717, 1.165) is 22.4 Å². The van der Waals surface area contributed by atoms with Crippen molar-refractivity contribution in [2.45, 2.75) is 92.2 Å². The van der Waals surface area contributed by atoms with Crippen molar-refractivity contribution in [2.75, 3.05) is 0 Å². The molecule has 0 bridgehead atoms. The fourth-order valence-electron chi connectivity index (χ4n) is 6.21. The molecule has 250 valence electrons. The van der Waals surface area contributed by atoms with Gasteiger partial charge in [0.25, 0.3) is 0 Å². The number of hydrogen-bond acceptors (Lipinski definition) is 0. The van der Waals surface area contributed by atoms with Crippen LogP contribution >= 0.6 is 17.0 Å². The Labute approximate surface area is 312 Å². The predicted octanol–water partition coefficient (Wildman–Crippen LogP) is 14.8. The van der Waals surface area contributed by atoms with Crippen molar-refractivity contribution < 1.29 is 20.8 Å². The molecular formula is C44H52Cl2SiZr. The van der Waals surface area contributed by atoms with Crippen LogP contribution in [0.15, 0.2) is 109 Å². The maximum atomic E-state index is 4.93. The topological polar surface area (TPSA) is 0 Å². The van der Waals surface area contributed by atoms with Crippen LogP contribution in [-0.4, -0.2) is 9.52 Å². The molecule has 0 heterocycles. The van der Waals surface area contributed by atoms with Gasteiger partial charge in [0.2, 0.25) is 0 Å². The Morgan fingerprint density at radius 1 is 0.583 bits per heavy atom. The van der Waals surface area contributed by atoms with Gasteiger partial charge in [0.1, 0.15) is 0 Å². The fourth-order valence-corrected chi connectivity index (χ4v) is 6.21. The van der Waals surface area contributed by atoms with Crippen molar-refractivity contribution in [3.63, 3.8) is 0 Å². The van der Waals surface area contributed by atoms with E-state index in [4.69, 9.17) is 17.0 Å². The predicted molar refractivity (Wildman–Crippen MR) is 215 cm³/mol. The molecule has 0 amide bonds. The molecular weight excluding hydrogens is 719 g/mol. The van der Waals surface area contributed by atoms with Crippen LogP contribution in [0.3, 0.4) is 0 Å². The summed E-state index contributed by atoms with van der Waals surface area (Å²) in [6, 6.07) is 40.3. The number of fused-ring (bicyclic) bond motifs is 2. The van der Waals surface area contributed by atoms with Gasteiger partial charge in [-0.25, -0.2) is 0 Å².